The Morgan fingerprint density at radius 2 is 1.93 bits per heavy atom. The zero-order valence-electron chi connectivity index (χ0n) is 16.5. The van der Waals surface area contributed by atoms with Gasteiger partial charge in [0.05, 0.1) is 18.2 Å². The number of amides is 2. The molecule has 4 rings (SSSR count). The van der Waals surface area contributed by atoms with Crippen LogP contribution in [-0.4, -0.2) is 67.0 Å². The SMILES string of the molecule is CN1CC[C@H](N2CCC(NC(=O)c3cccc4c3OCC4(C)C)CC2)C1=O. The van der Waals surface area contributed by atoms with Gasteiger partial charge in [0.15, 0.2) is 0 Å². The Hall–Kier alpha value is -2.08. The molecule has 2 saturated heterocycles. The number of carbonyl (C=O) groups excluding carboxylic acids is 2. The number of likely N-dealkylation sites (tertiary alicyclic amines) is 2. The quantitative estimate of drug-likeness (QED) is 0.880. The number of fused-ring (bicyclic) bond motifs is 1. The Labute approximate surface area is 160 Å². The van der Waals surface area contributed by atoms with E-state index < -0.39 is 0 Å². The molecule has 0 radical (unpaired) electrons. The van der Waals surface area contributed by atoms with Gasteiger partial charge in [0.2, 0.25) is 5.91 Å². The monoisotopic (exact) mass is 371 g/mol. The number of hydrogen-bond donors (Lipinski definition) is 1. The highest BCUT2D eigenvalue weighted by atomic mass is 16.5. The van der Waals surface area contributed by atoms with Crippen molar-refractivity contribution in [2.45, 2.75) is 50.6 Å². The van der Waals surface area contributed by atoms with Crippen LogP contribution in [0.2, 0.25) is 0 Å². The molecule has 0 aromatic heterocycles. The molecule has 1 atom stereocenters. The molecule has 0 bridgehead atoms. The summed E-state index contributed by atoms with van der Waals surface area (Å²) >= 11 is 0. The van der Waals surface area contributed by atoms with Crippen LogP contribution in [0.4, 0.5) is 0 Å². The first kappa shape index (κ1) is 18.3. The van der Waals surface area contributed by atoms with Crippen LogP contribution in [-0.2, 0) is 10.2 Å². The Kier molecular flexibility index (Phi) is 4.62. The molecule has 6 nitrogen and oxygen atoms in total. The van der Waals surface area contributed by atoms with Crippen LogP contribution < -0.4 is 10.1 Å². The van der Waals surface area contributed by atoms with Gasteiger partial charge in [0.25, 0.3) is 5.91 Å². The largest absolute Gasteiger partial charge is 0.492 e. The standard InChI is InChI=1S/C21H29N3O3/c1-21(2)13-27-18-15(5-4-6-16(18)21)19(25)22-14-7-11-24(12-8-14)17-9-10-23(3)20(17)26/h4-6,14,17H,7-13H2,1-3H3,(H,22,25)/t17-/m0/s1. The third kappa shape index (κ3) is 3.31. The van der Waals surface area contributed by atoms with Crippen LogP contribution in [0.1, 0.15) is 49.0 Å². The lowest BCUT2D eigenvalue weighted by molar-refractivity contribution is -0.131. The molecular weight excluding hydrogens is 342 g/mol. The van der Waals surface area contributed by atoms with Gasteiger partial charge in [-0.05, 0) is 25.3 Å². The Bertz CT molecular complexity index is 753. The number of benzene rings is 1. The molecule has 0 saturated carbocycles. The second-order valence-electron chi connectivity index (χ2n) is 8.70. The topological polar surface area (TPSA) is 61.9 Å². The summed E-state index contributed by atoms with van der Waals surface area (Å²) in [5.74, 6) is 0.911. The number of piperidine rings is 1. The maximum atomic E-state index is 12.9. The summed E-state index contributed by atoms with van der Waals surface area (Å²) in [7, 11) is 1.87. The Morgan fingerprint density at radius 1 is 1.19 bits per heavy atom. The summed E-state index contributed by atoms with van der Waals surface area (Å²) in [5, 5.41) is 3.18. The molecule has 0 spiro atoms. The number of rotatable bonds is 3. The summed E-state index contributed by atoms with van der Waals surface area (Å²) in [4.78, 5) is 29.2. The van der Waals surface area contributed by atoms with Gasteiger partial charge in [-0.15, -0.1) is 0 Å². The van der Waals surface area contributed by atoms with Crippen LogP contribution in [0.15, 0.2) is 18.2 Å². The minimum Gasteiger partial charge on any atom is -0.492 e. The molecule has 6 heteroatoms. The molecule has 3 heterocycles. The van der Waals surface area contributed by atoms with E-state index in [-0.39, 0.29) is 29.3 Å². The maximum Gasteiger partial charge on any atom is 0.255 e. The second kappa shape index (κ2) is 6.82. The first-order chi connectivity index (χ1) is 12.9. The summed E-state index contributed by atoms with van der Waals surface area (Å²) in [5.41, 5.74) is 1.68. The van der Waals surface area contributed by atoms with Gasteiger partial charge in [-0.3, -0.25) is 14.5 Å². The normalized spacial score (nSPS) is 25.4. The Morgan fingerprint density at radius 3 is 2.59 bits per heavy atom. The van der Waals surface area contributed by atoms with Crippen molar-refractivity contribution in [3.8, 4) is 5.75 Å². The van der Waals surface area contributed by atoms with E-state index in [9.17, 15) is 9.59 Å². The summed E-state index contributed by atoms with van der Waals surface area (Å²) < 4.78 is 5.85. The number of para-hydroxylation sites is 1. The predicted octanol–water partition coefficient (Wildman–Crippen LogP) is 1.78. The number of likely N-dealkylation sites (N-methyl/N-ethyl adjacent to an activating group) is 1. The molecule has 1 aromatic rings. The third-order valence-corrected chi connectivity index (χ3v) is 6.27. The molecule has 3 aliphatic heterocycles. The fourth-order valence-electron chi connectivity index (χ4n) is 4.50. The molecule has 0 aliphatic carbocycles. The Balaban J connectivity index is 1.37. The lowest BCUT2D eigenvalue weighted by Crippen LogP contribution is -2.50. The first-order valence-corrected chi connectivity index (χ1v) is 9.93. The van der Waals surface area contributed by atoms with E-state index in [1.165, 1.54) is 0 Å². The average molecular weight is 371 g/mol. The minimum absolute atomic E-state index is 0.0275. The lowest BCUT2D eigenvalue weighted by atomic mass is 9.86. The van der Waals surface area contributed by atoms with Crippen LogP contribution in [0.5, 0.6) is 5.75 Å². The van der Waals surface area contributed by atoms with Crippen molar-refractivity contribution >= 4 is 11.8 Å². The molecule has 2 fully saturated rings. The lowest BCUT2D eigenvalue weighted by Gasteiger charge is -2.35. The summed E-state index contributed by atoms with van der Waals surface area (Å²) in [6, 6.07) is 6.01. The molecule has 1 N–H and O–H groups in total. The average Bonchev–Trinajstić information content (AvgIpc) is 3.15. The van der Waals surface area contributed by atoms with Gasteiger partial charge in [0.1, 0.15) is 5.75 Å². The molecule has 1 aromatic carbocycles. The zero-order chi connectivity index (χ0) is 19.2. The third-order valence-electron chi connectivity index (χ3n) is 6.27. The summed E-state index contributed by atoms with van der Waals surface area (Å²) in [6.45, 7) is 7.43. The highest BCUT2D eigenvalue weighted by Gasteiger charge is 2.37. The van der Waals surface area contributed by atoms with E-state index in [0.717, 1.165) is 50.2 Å². The van der Waals surface area contributed by atoms with Crippen molar-refractivity contribution in [2.24, 2.45) is 0 Å². The van der Waals surface area contributed by atoms with E-state index in [1.807, 2.05) is 30.1 Å². The molecule has 146 valence electrons. The van der Waals surface area contributed by atoms with Gasteiger partial charge in [-0.25, -0.2) is 0 Å². The van der Waals surface area contributed by atoms with E-state index >= 15 is 0 Å². The van der Waals surface area contributed by atoms with E-state index in [0.29, 0.717) is 12.2 Å². The van der Waals surface area contributed by atoms with Crippen LogP contribution in [0, 0.1) is 0 Å². The van der Waals surface area contributed by atoms with Crippen LogP contribution in [0.3, 0.4) is 0 Å². The minimum atomic E-state index is -0.0576. The van der Waals surface area contributed by atoms with E-state index in [4.69, 9.17) is 4.74 Å². The van der Waals surface area contributed by atoms with E-state index in [1.54, 1.807) is 0 Å². The van der Waals surface area contributed by atoms with Crippen LogP contribution in [0.25, 0.3) is 0 Å². The highest BCUT2D eigenvalue weighted by molar-refractivity contribution is 5.98. The summed E-state index contributed by atoms with van der Waals surface area (Å²) in [6.07, 6.45) is 2.66. The maximum absolute atomic E-state index is 12.9. The van der Waals surface area contributed by atoms with Gasteiger partial charge in [-0.2, -0.15) is 0 Å². The van der Waals surface area contributed by atoms with Crippen molar-refractivity contribution in [3.05, 3.63) is 29.3 Å². The first-order valence-electron chi connectivity index (χ1n) is 9.93. The van der Waals surface area contributed by atoms with Crippen molar-refractivity contribution in [3.63, 3.8) is 0 Å². The highest BCUT2D eigenvalue weighted by Crippen LogP contribution is 2.40. The van der Waals surface area contributed by atoms with Gasteiger partial charge < -0.3 is 15.0 Å². The number of carbonyl (C=O) groups is 2. The van der Waals surface area contributed by atoms with Gasteiger partial charge >= 0.3 is 0 Å². The predicted molar refractivity (Wildman–Crippen MR) is 103 cm³/mol. The fourth-order valence-corrected chi connectivity index (χ4v) is 4.50. The second-order valence-corrected chi connectivity index (χ2v) is 8.70. The number of hydrogen-bond acceptors (Lipinski definition) is 4. The van der Waals surface area contributed by atoms with Crippen molar-refractivity contribution < 1.29 is 14.3 Å². The fraction of sp³-hybridized carbons (Fsp3) is 0.619. The van der Waals surface area contributed by atoms with E-state index in [2.05, 4.69) is 24.1 Å². The van der Waals surface area contributed by atoms with Crippen molar-refractivity contribution in [1.82, 2.24) is 15.1 Å². The van der Waals surface area contributed by atoms with Crippen molar-refractivity contribution in [1.29, 1.82) is 0 Å². The van der Waals surface area contributed by atoms with Gasteiger partial charge in [-0.1, -0.05) is 26.0 Å². The van der Waals surface area contributed by atoms with Gasteiger partial charge in [0, 0.05) is 43.7 Å². The molecule has 27 heavy (non-hydrogen) atoms. The number of ether oxygens (including phenoxy) is 1. The smallest absolute Gasteiger partial charge is 0.255 e. The molecule has 0 unspecified atom stereocenters. The molecule has 3 aliphatic rings. The number of nitrogens with zero attached hydrogens (tertiary/aromatic N) is 2. The van der Waals surface area contributed by atoms with Crippen LogP contribution >= 0.6 is 0 Å². The molecular formula is C21H29N3O3. The molecule has 2 amide bonds. The zero-order valence-corrected chi connectivity index (χ0v) is 16.5. The number of nitrogens with one attached hydrogen (secondary N) is 1. The van der Waals surface area contributed by atoms with Crippen molar-refractivity contribution in [2.75, 3.05) is 33.3 Å².